The van der Waals surface area contributed by atoms with Gasteiger partial charge < -0.3 is 4.74 Å². The van der Waals surface area contributed by atoms with Crippen LogP contribution in [0.15, 0.2) is 12.7 Å². The zero-order valence-corrected chi connectivity index (χ0v) is 9.96. The summed E-state index contributed by atoms with van der Waals surface area (Å²) in [6.07, 6.45) is 1.36. The number of carbonyl (C=O) groups is 1. The van der Waals surface area contributed by atoms with Crippen LogP contribution >= 0.6 is 0 Å². The summed E-state index contributed by atoms with van der Waals surface area (Å²) in [5.74, 6) is -1.02. The van der Waals surface area contributed by atoms with Crippen molar-refractivity contribution in [1.82, 2.24) is 0 Å². The van der Waals surface area contributed by atoms with Crippen LogP contribution in [0.3, 0.4) is 0 Å². The van der Waals surface area contributed by atoms with Crippen molar-refractivity contribution in [3.8, 4) is 0 Å². The average Bonchev–Trinajstić information content (AvgIpc) is 2.17. The lowest BCUT2D eigenvalue weighted by molar-refractivity contribution is -0.150. The van der Waals surface area contributed by atoms with Gasteiger partial charge in [0.15, 0.2) is 0 Å². The standard InChI is InChI=1S/C9H16O5S/c1-5-8(10)14-9(3,6-2)7-15(11,12)13-4/h5H,1,6-7H2,2-4H3. The van der Waals surface area contributed by atoms with Gasteiger partial charge in [-0.15, -0.1) is 0 Å². The molecule has 15 heavy (non-hydrogen) atoms. The number of rotatable bonds is 6. The van der Waals surface area contributed by atoms with Gasteiger partial charge in [-0.1, -0.05) is 13.5 Å². The maximum Gasteiger partial charge on any atom is 0.330 e. The summed E-state index contributed by atoms with van der Waals surface area (Å²) in [7, 11) is -2.58. The highest BCUT2D eigenvalue weighted by atomic mass is 32.2. The summed E-state index contributed by atoms with van der Waals surface area (Å²) >= 11 is 0. The van der Waals surface area contributed by atoms with Crippen molar-refractivity contribution in [1.29, 1.82) is 0 Å². The van der Waals surface area contributed by atoms with Gasteiger partial charge in [0.25, 0.3) is 10.1 Å². The molecule has 0 spiro atoms. The molecule has 6 heteroatoms. The third-order valence-corrected chi connectivity index (χ3v) is 3.47. The van der Waals surface area contributed by atoms with E-state index in [4.69, 9.17) is 4.74 Å². The Balaban J connectivity index is 4.72. The summed E-state index contributed by atoms with van der Waals surface area (Å²) in [5, 5.41) is 0. The van der Waals surface area contributed by atoms with Crippen LogP contribution in [0.4, 0.5) is 0 Å². The van der Waals surface area contributed by atoms with Gasteiger partial charge in [0.05, 0.1) is 7.11 Å². The van der Waals surface area contributed by atoms with Gasteiger partial charge in [-0.25, -0.2) is 4.79 Å². The molecule has 0 bridgehead atoms. The minimum atomic E-state index is -3.65. The van der Waals surface area contributed by atoms with E-state index in [0.717, 1.165) is 13.2 Å². The summed E-state index contributed by atoms with van der Waals surface area (Å²) < 4.78 is 31.7. The quantitative estimate of drug-likeness (QED) is 0.388. The van der Waals surface area contributed by atoms with E-state index >= 15 is 0 Å². The van der Waals surface area contributed by atoms with E-state index in [-0.39, 0.29) is 5.75 Å². The molecule has 1 atom stereocenters. The fourth-order valence-corrected chi connectivity index (χ4v) is 2.05. The predicted octanol–water partition coefficient (Wildman–Crippen LogP) is 0.861. The first kappa shape index (κ1) is 14.1. The minimum Gasteiger partial charge on any atom is -0.455 e. The molecule has 0 aromatic rings. The first-order chi connectivity index (χ1) is 6.78. The summed E-state index contributed by atoms with van der Waals surface area (Å²) in [6.45, 7) is 6.50. The molecule has 0 saturated carbocycles. The topological polar surface area (TPSA) is 69.7 Å². The molecule has 0 aliphatic rings. The van der Waals surface area contributed by atoms with Crippen LogP contribution in [0.2, 0.25) is 0 Å². The Labute approximate surface area is 90.2 Å². The molecule has 0 fully saturated rings. The minimum absolute atomic E-state index is 0.368. The van der Waals surface area contributed by atoms with E-state index in [9.17, 15) is 13.2 Å². The molecule has 0 aromatic carbocycles. The van der Waals surface area contributed by atoms with Gasteiger partial charge in [-0.05, 0) is 13.3 Å². The Morgan fingerprint density at radius 3 is 2.40 bits per heavy atom. The van der Waals surface area contributed by atoms with Gasteiger partial charge in [0, 0.05) is 6.08 Å². The molecule has 0 saturated heterocycles. The van der Waals surface area contributed by atoms with E-state index in [1.165, 1.54) is 6.92 Å². The first-order valence-corrected chi connectivity index (χ1v) is 6.00. The maximum absolute atomic E-state index is 11.2. The van der Waals surface area contributed by atoms with E-state index in [1.54, 1.807) is 6.92 Å². The SMILES string of the molecule is C=CC(=O)OC(C)(CC)CS(=O)(=O)OC. The second kappa shape index (κ2) is 5.27. The Hall–Kier alpha value is -0.880. The third kappa shape index (κ3) is 4.94. The molecule has 0 aromatic heterocycles. The highest BCUT2D eigenvalue weighted by Crippen LogP contribution is 2.18. The maximum atomic E-state index is 11.2. The number of ether oxygens (including phenoxy) is 1. The zero-order chi connectivity index (χ0) is 12.1. The fraction of sp³-hybridized carbons (Fsp3) is 0.667. The molecule has 0 rings (SSSR count). The van der Waals surface area contributed by atoms with Crippen LogP contribution in [-0.4, -0.2) is 32.9 Å². The van der Waals surface area contributed by atoms with E-state index < -0.39 is 21.7 Å². The molecular formula is C9H16O5S. The number of carbonyl (C=O) groups excluding carboxylic acids is 1. The zero-order valence-electron chi connectivity index (χ0n) is 9.15. The lowest BCUT2D eigenvalue weighted by atomic mass is 10.1. The second-order valence-corrected chi connectivity index (χ2v) is 5.03. The monoisotopic (exact) mass is 236 g/mol. The molecule has 1 unspecified atom stereocenters. The molecule has 0 aliphatic carbocycles. The molecule has 0 radical (unpaired) electrons. The predicted molar refractivity (Wildman–Crippen MR) is 55.8 cm³/mol. The lowest BCUT2D eigenvalue weighted by Crippen LogP contribution is -2.38. The van der Waals surface area contributed by atoms with Crippen molar-refractivity contribution in [2.75, 3.05) is 12.9 Å². The second-order valence-electron chi connectivity index (χ2n) is 3.30. The van der Waals surface area contributed by atoms with Gasteiger partial charge in [0.2, 0.25) is 0 Å². The first-order valence-electron chi connectivity index (χ1n) is 4.42. The van der Waals surface area contributed by atoms with Crippen molar-refractivity contribution >= 4 is 16.1 Å². The summed E-state index contributed by atoms with van der Waals surface area (Å²) in [4.78, 5) is 11.0. The Morgan fingerprint density at radius 1 is 1.53 bits per heavy atom. The number of esters is 1. The van der Waals surface area contributed by atoms with Gasteiger partial charge >= 0.3 is 5.97 Å². The molecule has 88 valence electrons. The van der Waals surface area contributed by atoms with Crippen LogP contribution in [-0.2, 0) is 23.8 Å². The smallest absolute Gasteiger partial charge is 0.330 e. The van der Waals surface area contributed by atoms with Crippen LogP contribution < -0.4 is 0 Å². The Bertz CT molecular complexity index is 332. The number of hydrogen-bond donors (Lipinski definition) is 0. The van der Waals surface area contributed by atoms with Gasteiger partial charge in [0.1, 0.15) is 11.4 Å². The van der Waals surface area contributed by atoms with Crippen molar-refractivity contribution in [3.63, 3.8) is 0 Å². The third-order valence-electron chi connectivity index (χ3n) is 2.00. The molecule has 0 heterocycles. The molecule has 0 amide bonds. The highest BCUT2D eigenvalue weighted by Gasteiger charge is 2.32. The Morgan fingerprint density at radius 2 is 2.07 bits per heavy atom. The van der Waals surface area contributed by atoms with Crippen LogP contribution in [0, 0.1) is 0 Å². The van der Waals surface area contributed by atoms with Gasteiger partial charge in [-0.2, -0.15) is 8.42 Å². The van der Waals surface area contributed by atoms with Gasteiger partial charge in [-0.3, -0.25) is 4.18 Å². The normalized spacial score (nSPS) is 15.4. The summed E-state index contributed by atoms with van der Waals surface area (Å²) in [5.41, 5.74) is -1.08. The molecule has 0 aliphatic heterocycles. The van der Waals surface area contributed by atoms with E-state index in [0.29, 0.717) is 6.42 Å². The highest BCUT2D eigenvalue weighted by molar-refractivity contribution is 7.86. The molecule has 0 N–H and O–H groups in total. The van der Waals surface area contributed by atoms with Crippen LogP contribution in [0.25, 0.3) is 0 Å². The molecular weight excluding hydrogens is 220 g/mol. The van der Waals surface area contributed by atoms with Crippen molar-refractivity contribution in [2.24, 2.45) is 0 Å². The fourth-order valence-electron chi connectivity index (χ4n) is 0.921. The largest absolute Gasteiger partial charge is 0.455 e. The van der Waals surface area contributed by atoms with E-state index in [1.807, 2.05) is 0 Å². The van der Waals surface area contributed by atoms with Crippen LogP contribution in [0.1, 0.15) is 20.3 Å². The van der Waals surface area contributed by atoms with Crippen molar-refractivity contribution in [2.45, 2.75) is 25.9 Å². The lowest BCUT2D eigenvalue weighted by Gasteiger charge is -2.26. The van der Waals surface area contributed by atoms with Crippen LogP contribution in [0.5, 0.6) is 0 Å². The summed E-state index contributed by atoms with van der Waals surface area (Å²) in [6, 6.07) is 0. The van der Waals surface area contributed by atoms with E-state index in [2.05, 4.69) is 10.8 Å². The molecule has 5 nitrogen and oxygen atoms in total. The van der Waals surface area contributed by atoms with Crippen molar-refractivity contribution < 1.29 is 22.1 Å². The number of hydrogen-bond acceptors (Lipinski definition) is 5. The van der Waals surface area contributed by atoms with Crippen molar-refractivity contribution in [3.05, 3.63) is 12.7 Å². The Kier molecular flexibility index (Phi) is 4.96. The average molecular weight is 236 g/mol.